The summed E-state index contributed by atoms with van der Waals surface area (Å²) in [5.41, 5.74) is 0.647. The zero-order valence-corrected chi connectivity index (χ0v) is 16.9. The highest BCUT2D eigenvalue weighted by Gasteiger charge is 2.19. The van der Waals surface area contributed by atoms with E-state index in [4.69, 9.17) is 4.74 Å². The lowest BCUT2D eigenvalue weighted by Gasteiger charge is -2.15. The van der Waals surface area contributed by atoms with Gasteiger partial charge in [0.2, 0.25) is 11.8 Å². The number of nitrogens with one attached hydrogen (secondary N) is 2. The number of aromatic nitrogens is 4. The smallest absolute Gasteiger partial charge is 0.222 e. The zero-order chi connectivity index (χ0) is 20.5. The van der Waals surface area contributed by atoms with Crippen LogP contribution < -0.4 is 10.6 Å². The Morgan fingerprint density at radius 3 is 2.93 bits per heavy atom. The monoisotopic (exact) mass is 403 g/mol. The molecule has 158 valence electrons. The number of fused-ring (bicyclic) bond motifs is 1. The molecule has 2 N–H and O–H groups in total. The summed E-state index contributed by atoms with van der Waals surface area (Å²) in [5.74, 6) is 1.60. The molecule has 0 spiro atoms. The number of carbonyl (C=O) groups is 2. The normalized spacial score (nSPS) is 14.0. The Kier molecular flexibility index (Phi) is 7.74. The molecule has 1 aliphatic heterocycles. The number of carbonyl (C=O) groups excluding carboxylic acids is 2. The molecule has 0 atom stereocenters. The van der Waals surface area contributed by atoms with E-state index in [1.54, 1.807) is 11.6 Å². The highest BCUT2D eigenvalue weighted by Crippen LogP contribution is 2.11. The van der Waals surface area contributed by atoms with Crippen LogP contribution in [0.2, 0.25) is 0 Å². The van der Waals surface area contributed by atoms with E-state index in [-0.39, 0.29) is 11.8 Å². The number of anilines is 1. The fourth-order valence-corrected chi connectivity index (χ4v) is 3.27. The number of hydrogen-bond acceptors (Lipinski definition) is 7. The topological polar surface area (TPSA) is 114 Å². The number of likely N-dealkylation sites (tertiary alicyclic amines) is 1. The van der Waals surface area contributed by atoms with Gasteiger partial charge in [-0.25, -0.2) is 0 Å². The average Bonchev–Trinajstić information content (AvgIpc) is 3.32. The van der Waals surface area contributed by atoms with Crippen LogP contribution >= 0.6 is 0 Å². The third kappa shape index (κ3) is 6.11. The number of rotatable bonds is 12. The van der Waals surface area contributed by atoms with Gasteiger partial charge in [0, 0.05) is 59.2 Å². The Balaban J connectivity index is 1.46. The SMILES string of the molecule is COCCCNC(=O)CCc1nnc2ccc(NCCCN3CCCC3=O)nn12. The summed E-state index contributed by atoms with van der Waals surface area (Å²) in [7, 11) is 1.64. The van der Waals surface area contributed by atoms with Crippen molar-refractivity contribution in [3.05, 3.63) is 18.0 Å². The fraction of sp³-hybridized carbons (Fsp3) is 0.632. The Morgan fingerprint density at radius 1 is 1.24 bits per heavy atom. The summed E-state index contributed by atoms with van der Waals surface area (Å²) in [6, 6.07) is 3.71. The molecule has 0 saturated carbocycles. The lowest BCUT2D eigenvalue weighted by atomic mass is 10.3. The van der Waals surface area contributed by atoms with E-state index in [0.717, 1.165) is 44.7 Å². The summed E-state index contributed by atoms with van der Waals surface area (Å²) in [6.07, 6.45) is 4.09. The van der Waals surface area contributed by atoms with Crippen molar-refractivity contribution in [2.24, 2.45) is 0 Å². The highest BCUT2D eigenvalue weighted by atomic mass is 16.5. The first-order chi connectivity index (χ1) is 14.2. The first-order valence-corrected chi connectivity index (χ1v) is 10.2. The van der Waals surface area contributed by atoms with E-state index in [1.165, 1.54) is 0 Å². The maximum Gasteiger partial charge on any atom is 0.222 e. The number of hydrogen-bond donors (Lipinski definition) is 2. The predicted molar refractivity (Wildman–Crippen MR) is 108 cm³/mol. The van der Waals surface area contributed by atoms with E-state index in [2.05, 4.69) is 25.9 Å². The summed E-state index contributed by atoms with van der Waals surface area (Å²) in [6.45, 7) is 3.59. The Hall–Kier alpha value is -2.75. The molecule has 10 nitrogen and oxygen atoms in total. The van der Waals surface area contributed by atoms with E-state index >= 15 is 0 Å². The largest absolute Gasteiger partial charge is 0.385 e. The summed E-state index contributed by atoms with van der Waals surface area (Å²) < 4.78 is 6.63. The lowest BCUT2D eigenvalue weighted by molar-refractivity contribution is -0.127. The number of aryl methyl sites for hydroxylation is 1. The van der Waals surface area contributed by atoms with Crippen molar-refractivity contribution in [3.8, 4) is 0 Å². The van der Waals surface area contributed by atoms with E-state index < -0.39 is 0 Å². The minimum absolute atomic E-state index is 0.0245. The molecule has 3 heterocycles. The van der Waals surface area contributed by atoms with Gasteiger partial charge < -0.3 is 20.3 Å². The molecular weight excluding hydrogens is 374 g/mol. The van der Waals surface area contributed by atoms with Crippen LogP contribution in [-0.4, -0.2) is 76.4 Å². The van der Waals surface area contributed by atoms with Crippen LogP contribution in [0, 0.1) is 0 Å². The van der Waals surface area contributed by atoms with Crippen LogP contribution in [0.15, 0.2) is 12.1 Å². The Morgan fingerprint density at radius 2 is 2.14 bits per heavy atom. The van der Waals surface area contributed by atoms with Gasteiger partial charge in [0.05, 0.1) is 0 Å². The molecule has 2 amide bonds. The third-order valence-corrected chi connectivity index (χ3v) is 4.83. The molecule has 0 bridgehead atoms. The third-order valence-electron chi connectivity index (χ3n) is 4.83. The van der Waals surface area contributed by atoms with E-state index in [9.17, 15) is 9.59 Å². The van der Waals surface area contributed by atoms with Crippen molar-refractivity contribution < 1.29 is 14.3 Å². The molecule has 0 radical (unpaired) electrons. The molecule has 29 heavy (non-hydrogen) atoms. The minimum atomic E-state index is -0.0245. The van der Waals surface area contributed by atoms with Gasteiger partial charge >= 0.3 is 0 Å². The van der Waals surface area contributed by atoms with Crippen molar-refractivity contribution >= 4 is 23.3 Å². The van der Waals surface area contributed by atoms with Crippen molar-refractivity contribution in [2.45, 2.75) is 38.5 Å². The van der Waals surface area contributed by atoms with Crippen LogP contribution in [0.25, 0.3) is 5.65 Å². The lowest BCUT2D eigenvalue weighted by Crippen LogP contribution is -2.27. The summed E-state index contributed by atoms with van der Waals surface area (Å²) in [5, 5.41) is 18.9. The van der Waals surface area contributed by atoms with Crippen LogP contribution in [0.5, 0.6) is 0 Å². The van der Waals surface area contributed by atoms with Crippen LogP contribution in [0.4, 0.5) is 5.82 Å². The standard InChI is InChI=1S/C19H29N7O3/c1-29-14-4-11-21-18(27)9-8-17-23-22-16-7-6-15(24-26(16)17)20-10-3-13-25-12-2-5-19(25)28/h6-7H,2-5,8-14H2,1H3,(H,20,24)(H,21,27). The first-order valence-electron chi connectivity index (χ1n) is 10.2. The number of nitrogens with zero attached hydrogens (tertiary/aromatic N) is 5. The molecule has 2 aromatic rings. The average molecular weight is 403 g/mol. The van der Waals surface area contributed by atoms with Crippen molar-refractivity contribution in [2.75, 3.05) is 45.2 Å². The van der Waals surface area contributed by atoms with Gasteiger partial charge in [0.1, 0.15) is 5.82 Å². The predicted octanol–water partition coefficient (Wildman–Crippen LogP) is 0.634. The highest BCUT2D eigenvalue weighted by molar-refractivity contribution is 5.78. The molecule has 1 aliphatic rings. The molecule has 3 rings (SSSR count). The molecule has 1 fully saturated rings. The Bertz CT molecular complexity index is 823. The molecule has 0 aliphatic carbocycles. The van der Waals surface area contributed by atoms with Crippen molar-refractivity contribution in [3.63, 3.8) is 0 Å². The summed E-state index contributed by atoms with van der Waals surface area (Å²) in [4.78, 5) is 25.5. The fourth-order valence-electron chi connectivity index (χ4n) is 3.27. The molecule has 2 aromatic heterocycles. The summed E-state index contributed by atoms with van der Waals surface area (Å²) >= 11 is 0. The van der Waals surface area contributed by atoms with Gasteiger partial charge in [0.15, 0.2) is 11.5 Å². The van der Waals surface area contributed by atoms with Gasteiger partial charge in [0.25, 0.3) is 0 Å². The van der Waals surface area contributed by atoms with E-state index in [1.807, 2.05) is 17.0 Å². The van der Waals surface area contributed by atoms with E-state index in [0.29, 0.717) is 43.9 Å². The van der Waals surface area contributed by atoms with Crippen molar-refractivity contribution in [1.29, 1.82) is 0 Å². The quantitative estimate of drug-likeness (QED) is 0.500. The molecule has 0 aromatic carbocycles. The molecule has 0 unspecified atom stereocenters. The van der Waals surface area contributed by atoms with Gasteiger partial charge in [-0.2, -0.15) is 4.52 Å². The second kappa shape index (κ2) is 10.7. The molecule has 10 heteroatoms. The van der Waals surface area contributed by atoms with Gasteiger partial charge in [-0.05, 0) is 31.4 Å². The first kappa shape index (κ1) is 21.0. The number of methoxy groups -OCH3 is 1. The van der Waals surface area contributed by atoms with Crippen LogP contribution in [0.3, 0.4) is 0 Å². The maximum absolute atomic E-state index is 11.9. The molecular formula is C19H29N7O3. The van der Waals surface area contributed by atoms with Crippen molar-refractivity contribution in [1.82, 2.24) is 30.0 Å². The van der Waals surface area contributed by atoms with Gasteiger partial charge in [-0.3, -0.25) is 9.59 Å². The second-order valence-electron chi connectivity index (χ2n) is 7.07. The maximum atomic E-state index is 11.9. The number of ether oxygens (including phenoxy) is 1. The van der Waals surface area contributed by atoms with Gasteiger partial charge in [-0.15, -0.1) is 15.3 Å². The second-order valence-corrected chi connectivity index (χ2v) is 7.07. The van der Waals surface area contributed by atoms with Gasteiger partial charge in [-0.1, -0.05) is 0 Å². The molecule has 1 saturated heterocycles. The van der Waals surface area contributed by atoms with Crippen LogP contribution in [0.1, 0.15) is 37.9 Å². The minimum Gasteiger partial charge on any atom is -0.385 e. The zero-order valence-electron chi connectivity index (χ0n) is 16.9. The van der Waals surface area contributed by atoms with Crippen LogP contribution in [-0.2, 0) is 20.7 Å². The Labute approximate surface area is 170 Å². The number of amides is 2.